The van der Waals surface area contributed by atoms with Crippen LogP contribution in [0.15, 0.2) is 35.1 Å². The van der Waals surface area contributed by atoms with Crippen molar-refractivity contribution in [3.05, 3.63) is 35.1 Å². The molecular formula is C11H12BrN5O. The van der Waals surface area contributed by atoms with E-state index < -0.39 is 0 Å². The number of nitrogens with two attached hydrogens (primary N) is 1. The predicted octanol–water partition coefficient (Wildman–Crippen LogP) is 2.28. The summed E-state index contributed by atoms with van der Waals surface area (Å²) in [6, 6.07) is 5.64. The summed E-state index contributed by atoms with van der Waals surface area (Å²) in [5.74, 6) is 7.09. The van der Waals surface area contributed by atoms with E-state index >= 15 is 0 Å². The molecule has 1 heterocycles. The number of aromatic nitrogens is 2. The molecule has 0 saturated heterocycles. The lowest BCUT2D eigenvalue weighted by Gasteiger charge is -2.09. The smallest absolute Gasteiger partial charge is 0.160 e. The van der Waals surface area contributed by atoms with Crippen LogP contribution in [-0.2, 0) is 0 Å². The minimum Gasteiger partial charge on any atom is -0.497 e. The van der Waals surface area contributed by atoms with Gasteiger partial charge in [0.2, 0.25) is 0 Å². The lowest BCUT2D eigenvalue weighted by Crippen LogP contribution is -2.09. The highest BCUT2D eigenvalue weighted by Gasteiger charge is 2.02. The Morgan fingerprint density at radius 3 is 2.72 bits per heavy atom. The molecular weight excluding hydrogens is 298 g/mol. The summed E-state index contributed by atoms with van der Waals surface area (Å²) in [6.45, 7) is 0. The number of ether oxygens (including phenoxy) is 1. The van der Waals surface area contributed by atoms with Crippen LogP contribution in [0.5, 0.6) is 5.75 Å². The number of nitrogens with zero attached hydrogens (tertiary/aromatic N) is 2. The van der Waals surface area contributed by atoms with Crippen molar-refractivity contribution in [3.63, 3.8) is 0 Å². The van der Waals surface area contributed by atoms with Crippen LogP contribution in [0.1, 0.15) is 0 Å². The van der Waals surface area contributed by atoms with Crippen molar-refractivity contribution < 1.29 is 4.74 Å². The number of benzene rings is 1. The molecule has 0 bridgehead atoms. The van der Waals surface area contributed by atoms with E-state index in [1.54, 1.807) is 13.3 Å². The highest BCUT2D eigenvalue weighted by Crippen LogP contribution is 2.26. The summed E-state index contributed by atoms with van der Waals surface area (Å²) in [5, 5.41) is 3.12. The average Bonchev–Trinajstić information content (AvgIpc) is 2.38. The van der Waals surface area contributed by atoms with E-state index in [2.05, 4.69) is 36.6 Å². The number of hydrogen-bond donors (Lipinski definition) is 3. The molecule has 0 amide bonds. The highest BCUT2D eigenvalue weighted by molar-refractivity contribution is 9.10. The van der Waals surface area contributed by atoms with Crippen molar-refractivity contribution >= 4 is 33.3 Å². The van der Waals surface area contributed by atoms with Crippen molar-refractivity contribution in [3.8, 4) is 5.75 Å². The fourth-order valence-electron chi connectivity index (χ4n) is 1.40. The van der Waals surface area contributed by atoms with Crippen LogP contribution in [0.3, 0.4) is 0 Å². The molecule has 0 radical (unpaired) electrons. The molecule has 0 fully saturated rings. The summed E-state index contributed by atoms with van der Waals surface area (Å²) in [4.78, 5) is 8.21. The Morgan fingerprint density at radius 2 is 2.00 bits per heavy atom. The van der Waals surface area contributed by atoms with Gasteiger partial charge in [-0.2, -0.15) is 0 Å². The van der Waals surface area contributed by atoms with Crippen molar-refractivity contribution in [2.24, 2.45) is 5.84 Å². The van der Waals surface area contributed by atoms with E-state index in [1.165, 1.54) is 6.20 Å². The monoisotopic (exact) mass is 309 g/mol. The maximum Gasteiger partial charge on any atom is 0.160 e. The van der Waals surface area contributed by atoms with Gasteiger partial charge in [0, 0.05) is 16.2 Å². The molecule has 0 aliphatic heterocycles. The normalized spacial score (nSPS) is 9.94. The fourth-order valence-corrected chi connectivity index (χ4v) is 1.87. The van der Waals surface area contributed by atoms with Gasteiger partial charge in [-0.1, -0.05) is 15.9 Å². The first-order valence-electron chi connectivity index (χ1n) is 5.11. The van der Waals surface area contributed by atoms with Crippen LogP contribution in [0.2, 0.25) is 0 Å². The largest absolute Gasteiger partial charge is 0.497 e. The van der Waals surface area contributed by atoms with Crippen molar-refractivity contribution in [2.45, 2.75) is 0 Å². The minimum atomic E-state index is 0.488. The van der Waals surface area contributed by atoms with Crippen LogP contribution in [0.25, 0.3) is 0 Å². The number of methoxy groups -OCH3 is 1. The van der Waals surface area contributed by atoms with Crippen LogP contribution in [-0.4, -0.2) is 17.1 Å². The zero-order valence-corrected chi connectivity index (χ0v) is 11.2. The van der Waals surface area contributed by atoms with Crippen LogP contribution >= 0.6 is 15.9 Å². The second-order valence-corrected chi connectivity index (χ2v) is 4.35. The van der Waals surface area contributed by atoms with E-state index in [-0.39, 0.29) is 0 Å². The van der Waals surface area contributed by atoms with Gasteiger partial charge in [0.05, 0.1) is 19.5 Å². The van der Waals surface area contributed by atoms with Gasteiger partial charge in [0.25, 0.3) is 0 Å². The van der Waals surface area contributed by atoms with Gasteiger partial charge in [-0.25, -0.2) is 10.8 Å². The predicted molar refractivity (Wildman–Crippen MR) is 73.8 cm³/mol. The first-order valence-corrected chi connectivity index (χ1v) is 5.91. The summed E-state index contributed by atoms with van der Waals surface area (Å²) in [6.07, 6.45) is 3.14. The zero-order valence-electron chi connectivity index (χ0n) is 9.64. The maximum atomic E-state index is 5.27. The Hall–Kier alpha value is -1.86. The van der Waals surface area contributed by atoms with Crippen molar-refractivity contribution in [1.29, 1.82) is 0 Å². The van der Waals surface area contributed by atoms with Gasteiger partial charge in [0.1, 0.15) is 5.75 Å². The van der Waals surface area contributed by atoms with Gasteiger partial charge >= 0.3 is 0 Å². The summed E-state index contributed by atoms with van der Waals surface area (Å²) in [5.41, 5.74) is 3.28. The molecule has 2 aromatic rings. The number of hydrogen-bond acceptors (Lipinski definition) is 6. The van der Waals surface area contributed by atoms with Crippen LogP contribution in [0, 0.1) is 0 Å². The third-order valence-electron chi connectivity index (χ3n) is 2.16. The topological polar surface area (TPSA) is 85.1 Å². The molecule has 1 aromatic heterocycles. The number of rotatable bonds is 4. The van der Waals surface area contributed by atoms with Gasteiger partial charge in [0.15, 0.2) is 11.6 Å². The van der Waals surface area contributed by atoms with Crippen LogP contribution in [0.4, 0.5) is 17.3 Å². The number of anilines is 3. The molecule has 0 aliphatic rings. The van der Waals surface area contributed by atoms with E-state index in [1.807, 2.05) is 18.2 Å². The molecule has 2 rings (SSSR count). The first-order chi connectivity index (χ1) is 8.71. The van der Waals surface area contributed by atoms with E-state index in [9.17, 15) is 0 Å². The molecule has 18 heavy (non-hydrogen) atoms. The third-order valence-corrected chi connectivity index (χ3v) is 2.62. The van der Waals surface area contributed by atoms with Crippen molar-refractivity contribution in [2.75, 3.05) is 17.9 Å². The highest BCUT2D eigenvalue weighted by atomic mass is 79.9. The maximum absolute atomic E-state index is 5.27. The molecule has 0 saturated carbocycles. The number of halogens is 1. The first kappa shape index (κ1) is 12.6. The van der Waals surface area contributed by atoms with Gasteiger partial charge < -0.3 is 15.5 Å². The van der Waals surface area contributed by atoms with Crippen molar-refractivity contribution in [1.82, 2.24) is 9.97 Å². The zero-order chi connectivity index (χ0) is 13.0. The molecule has 7 heteroatoms. The summed E-state index contributed by atoms with van der Waals surface area (Å²) < 4.78 is 6.09. The molecule has 0 spiro atoms. The van der Waals surface area contributed by atoms with Gasteiger partial charge in [-0.05, 0) is 12.1 Å². The lowest BCUT2D eigenvalue weighted by atomic mass is 10.3. The SMILES string of the molecule is COc1cc(Br)cc(Nc2cncc(NN)n2)c1. The van der Waals surface area contributed by atoms with E-state index in [0.29, 0.717) is 11.6 Å². The number of hydrazine groups is 1. The Bertz CT molecular complexity index is 549. The molecule has 94 valence electrons. The van der Waals surface area contributed by atoms with Gasteiger partial charge in [-0.15, -0.1) is 0 Å². The summed E-state index contributed by atoms with van der Waals surface area (Å²) in [7, 11) is 1.62. The van der Waals surface area contributed by atoms with Gasteiger partial charge in [-0.3, -0.25) is 4.98 Å². The van der Waals surface area contributed by atoms with E-state index in [0.717, 1.165) is 15.9 Å². The molecule has 4 N–H and O–H groups in total. The van der Waals surface area contributed by atoms with E-state index in [4.69, 9.17) is 10.6 Å². The van der Waals surface area contributed by atoms with Crippen LogP contribution < -0.4 is 21.3 Å². The minimum absolute atomic E-state index is 0.488. The average molecular weight is 310 g/mol. The second-order valence-electron chi connectivity index (χ2n) is 3.44. The molecule has 0 atom stereocenters. The number of nitrogen functional groups attached to an aromatic ring is 1. The number of nitrogens with one attached hydrogen (secondary N) is 2. The third kappa shape index (κ3) is 3.08. The molecule has 6 nitrogen and oxygen atoms in total. The standard InChI is InChI=1S/C11H12BrN5O/c1-18-9-3-7(12)2-8(4-9)15-10-5-14-6-11(16-10)17-13/h2-6H,13H2,1H3,(H2,15,16,17). The Morgan fingerprint density at radius 1 is 1.22 bits per heavy atom. The molecule has 1 aromatic carbocycles. The molecule has 0 unspecified atom stereocenters. The fraction of sp³-hybridized carbons (Fsp3) is 0.0909. The second kappa shape index (κ2) is 5.65. The quantitative estimate of drug-likeness (QED) is 0.593. The Balaban J connectivity index is 2.24. The Labute approximate surface area is 113 Å². The Kier molecular flexibility index (Phi) is 3.96. The summed E-state index contributed by atoms with van der Waals surface area (Å²) >= 11 is 3.41. The molecule has 0 aliphatic carbocycles. The lowest BCUT2D eigenvalue weighted by molar-refractivity contribution is 0.415.